The molecule has 0 radical (unpaired) electrons. The summed E-state index contributed by atoms with van der Waals surface area (Å²) >= 11 is 0. The van der Waals surface area contributed by atoms with Crippen LogP contribution in [0.1, 0.15) is 0 Å². The van der Waals surface area contributed by atoms with E-state index in [2.05, 4.69) is 125 Å². The molecule has 3 aromatic heterocycles. The lowest BCUT2D eigenvalue weighted by Crippen LogP contribution is -2.38. The molecule has 12 rings (SSSR count). The van der Waals surface area contributed by atoms with Crippen LogP contribution >= 0.6 is 0 Å². The highest BCUT2D eigenvalue weighted by molar-refractivity contribution is 5.86. The Kier molecular flexibility index (Phi) is 10.5. The fraction of sp³-hybridized carbons (Fsp3) is 0.0328. The van der Waals surface area contributed by atoms with Crippen LogP contribution in [0.5, 0.6) is 11.5 Å². The number of hydrogen-bond acceptors (Lipinski definition) is 7. The molecule has 0 amide bonds. The number of rotatable bonds is 9. The maximum absolute atomic E-state index is 6.83. The smallest absolute Gasteiger partial charge is 0.170 e. The van der Waals surface area contributed by atoms with Crippen molar-refractivity contribution >= 4 is 0 Å². The third-order valence-corrected chi connectivity index (χ3v) is 12.4. The zero-order valence-corrected chi connectivity index (χ0v) is 36.7. The van der Waals surface area contributed by atoms with Crippen molar-refractivity contribution in [2.24, 2.45) is 0 Å². The molecule has 2 unspecified atom stereocenters. The Morgan fingerprint density at radius 2 is 0.647 bits per heavy atom. The van der Waals surface area contributed by atoms with Crippen molar-refractivity contribution < 1.29 is 9.47 Å². The van der Waals surface area contributed by atoms with Crippen molar-refractivity contribution in [2.45, 2.75) is 12.2 Å². The number of nitrogens with zero attached hydrogens (tertiary/aromatic N) is 5. The largest absolute Gasteiger partial charge is 0.478 e. The third-order valence-electron chi connectivity index (χ3n) is 12.4. The van der Waals surface area contributed by atoms with Crippen molar-refractivity contribution in [3.05, 3.63) is 237 Å². The number of allylic oxidation sites excluding steroid dienone is 2. The van der Waals surface area contributed by atoms with E-state index in [1.54, 1.807) is 0 Å². The summed E-state index contributed by atoms with van der Waals surface area (Å²) in [7, 11) is 0. The van der Waals surface area contributed by atoms with Gasteiger partial charge in [-0.15, -0.1) is 0 Å². The maximum Gasteiger partial charge on any atom is 0.170 e. The van der Waals surface area contributed by atoms with Gasteiger partial charge in [0.2, 0.25) is 0 Å². The van der Waals surface area contributed by atoms with Gasteiger partial charge >= 0.3 is 0 Å². The van der Waals surface area contributed by atoms with Gasteiger partial charge in [0.25, 0.3) is 0 Å². The molecule has 0 spiro atoms. The number of hydrogen-bond donors (Lipinski definition) is 0. The quantitative estimate of drug-likeness (QED) is 0.143. The van der Waals surface area contributed by atoms with E-state index >= 15 is 0 Å². The Balaban J connectivity index is 0.851. The van der Waals surface area contributed by atoms with Gasteiger partial charge in [-0.2, -0.15) is 0 Å². The molecule has 4 heterocycles. The van der Waals surface area contributed by atoms with Crippen molar-refractivity contribution in [1.29, 1.82) is 0 Å². The molecule has 1 aliphatic carbocycles. The summed E-state index contributed by atoms with van der Waals surface area (Å²) in [4.78, 5) is 24.0. The molecule has 7 heteroatoms. The minimum absolute atomic E-state index is 0.243. The Morgan fingerprint density at radius 3 is 1.06 bits per heavy atom. The van der Waals surface area contributed by atoms with E-state index in [0.717, 1.165) is 89.5 Å². The van der Waals surface area contributed by atoms with E-state index in [4.69, 9.17) is 24.4 Å². The number of aromatic nitrogens is 5. The van der Waals surface area contributed by atoms with Crippen molar-refractivity contribution in [3.8, 4) is 113 Å². The minimum Gasteiger partial charge on any atom is -0.478 e. The third kappa shape index (κ3) is 8.03. The highest BCUT2D eigenvalue weighted by Crippen LogP contribution is 2.49. The molecule has 2 atom stereocenters. The molecular formula is C61H41N5O2. The Morgan fingerprint density at radius 1 is 0.294 bits per heavy atom. The topological polar surface area (TPSA) is 82.9 Å². The van der Waals surface area contributed by atoms with Gasteiger partial charge in [-0.05, 0) is 100 Å². The zero-order valence-electron chi connectivity index (χ0n) is 36.7. The lowest BCUT2D eigenvalue weighted by atomic mass is 9.93. The standard InChI is InChI=1S/C61H41N5O2/c1-3-13-45(14-4-1)59-64-60(46-15-5-2-6-16-46)66-61(65-59)47-31-29-44(30-32-47)52-34-33-51(57-58(52)68-56-20-8-7-19-55(56)67-57)43-27-25-41(26-28-43)40-21-23-42(24-22-40)48-37-49(53-17-9-11-35-62-53)39-50(38-48)54-18-10-12-36-63-54/h1-39,55-56H. The second-order valence-electron chi connectivity index (χ2n) is 16.8. The van der Waals surface area contributed by atoms with Crippen LogP contribution in [0.25, 0.3) is 101 Å². The van der Waals surface area contributed by atoms with Crippen molar-refractivity contribution in [1.82, 2.24) is 24.9 Å². The molecule has 2 aliphatic rings. The number of pyridine rings is 2. The van der Waals surface area contributed by atoms with Gasteiger partial charge in [0.1, 0.15) is 0 Å². The molecule has 0 bridgehead atoms. The predicted molar refractivity (Wildman–Crippen MR) is 271 cm³/mol. The van der Waals surface area contributed by atoms with Crippen LogP contribution in [-0.2, 0) is 0 Å². The Hall–Kier alpha value is -9.07. The lowest BCUT2D eigenvalue weighted by molar-refractivity contribution is 0.0769. The van der Waals surface area contributed by atoms with E-state index in [0.29, 0.717) is 23.2 Å². The van der Waals surface area contributed by atoms with Gasteiger partial charge < -0.3 is 9.47 Å². The van der Waals surface area contributed by atoms with Gasteiger partial charge in [0.15, 0.2) is 41.2 Å². The first-order chi connectivity index (χ1) is 33.7. The second-order valence-corrected chi connectivity index (χ2v) is 16.8. The van der Waals surface area contributed by atoms with E-state index in [1.165, 1.54) is 0 Å². The van der Waals surface area contributed by atoms with Crippen LogP contribution in [0.15, 0.2) is 237 Å². The highest BCUT2D eigenvalue weighted by atomic mass is 16.6. The number of fused-ring (bicyclic) bond motifs is 2. The number of benzene rings is 7. The van der Waals surface area contributed by atoms with E-state index in [1.807, 2.05) is 122 Å². The van der Waals surface area contributed by atoms with Gasteiger partial charge in [0, 0.05) is 51.3 Å². The van der Waals surface area contributed by atoms with Crippen LogP contribution in [0, 0.1) is 0 Å². The molecule has 7 aromatic carbocycles. The molecule has 0 N–H and O–H groups in total. The normalized spacial score (nSPS) is 14.6. The highest BCUT2D eigenvalue weighted by Gasteiger charge is 2.33. The van der Waals surface area contributed by atoms with Gasteiger partial charge in [-0.25, -0.2) is 15.0 Å². The molecule has 10 aromatic rings. The minimum atomic E-state index is -0.247. The van der Waals surface area contributed by atoms with Crippen LogP contribution in [0.2, 0.25) is 0 Å². The molecule has 0 saturated carbocycles. The summed E-state index contributed by atoms with van der Waals surface area (Å²) in [6, 6.07) is 68.6. The second kappa shape index (κ2) is 17.7. The first-order valence-electron chi connectivity index (χ1n) is 22.7. The Labute approximate surface area is 394 Å². The molecule has 7 nitrogen and oxygen atoms in total. The molecule has 0 saturated heterocycles. The molecule has 0 fully saturated rings. The average Bonchev–Trinajstić information content (AvgIpc) is 3.43. The van der Waals surface area contributed by atoms with Gasteiger partial charge in [-0.1, -0.05) is 158 Å². The summed E-state index contributed by atoms with van der Waals surface area (Å²) in [5.41, 5.74) is 15.1. The van der Waals surface area contributed by atoms with Gasteiger partial charge in [-0.3, -0.25) is 9.97 Å². The SMILES string of the molecule is C1=CC2Oc3c(-c4ccc(-c5ccc(-c6cc(-c7ccccn7)cc(-c7ccccn7)c6)cc5)cc4)ccc(-c4ccc(-c5nc(-c6ccccc6)nc(-c6ccccc6)n5)cc4)c3OC2C=C1. The first kappa shape index (κ1) is 40.4. The Bertz CT molecular complexity index is 3360. The fourth-order valence-corrected chi connectivity index (χ4v) is 8.89. The lowest BCUT2D eigenvalue weighted by Gasteiger charge is -2.34. The summed E-state index contributed by atoms with van der Waals surface area (Å²) in [6.45, 7) is 0. The van der Waals surface area contributed by atoms with Gasteiger partial charge in [0.05, 0.1) is 11.4 Å². The summed E-state index contributed by atoms with van der Waals surface area (Å²) in [5, 5.41) is 0. The summed E-state index contributed by atoms with van der Waals surface area (Å²) < 4.78 is 13.7. The van der Waals surface area contributed by atoms with Crippen LogP contribution in [0.4, 0.5) is 0 Å². The van der Waals surface area contributed by atoms with Crippen molar-refractivity contribution in [2.75, 3.05) is 0 Å². The number of ether oxygens (including phenoxy) is 2. The van der Waals surface area contributed by atoms with E-state index in [9.17, 15) is 0 Å². The summed E-state index contributed by atoms with van der Waals surface area (Å²) in [6.07, 6.45) is 11.3. The van der Waals surface area contributed by atoms with E-state index < -0.39 is 0 Å². The van der Waals surface area contributed by atoms with E-state index in [-0.39, 0.29) is 12.2 Å². The van der Waals surface area contributed by atoms with Crippen molar-refractivity contribution in [3.63, 3.8) is 0 Å². The first-order valence-corrected chi connectivity index (χ1v) is 22.7. The molecule has 68 heavy (non-hydrogen) atoms. The van der Waals surface area contributed by atoms with Crippen LogP contribution in [0.3, 0.4) is 0 Å². The average molecular weight is 876 g/mol. The van der Waals surface area contributed by atoms with Crippen LogP contribution in [-0.4, -0.2) is 37.1 Å². The fourth-order valence-electron chi connectivity index (χ4n) is 8.89. The monoisotopic (exact) mass is 875 g/mol. The van der Waals surface area contributed by atoms with Crippen LogP contribution < -0.4 is 9.47 Å². The molecule has 322 valence electrons. The molecule has 1 aliphatic heterocycles. The molecular weight excluding hydrogens is 835 g/mol. The maximum atomic E-state index is 6.83. The summed E-state index contributed by atoms with van der Waals surface area (Å²) in [5.74, 6) is 3.29. The zero-order chi connectivity index (χ0) is 45.2. The predicted octanol–water partition coefficient (Wildman–Crippen LogP) is 14.3.